The van der Waals surface area contributed by atoms with Crippen LogP contribution in [-0.2, 0) is 6.54 Å². The zero-order valence-electron chi connectivity index (χ0n) is 11.4. The van der Waals surface area contributed by atoms with E-state index in [9.17, 15) is 14.9 Å². The third-order valence-electron chi connectivity index (χ3n) is 3.12. The van der Waals surface area contributed by atoms with Crippen molar-refractivity contribution in [2.24, 2.45) is 0 Å². The maximum absolute atomic E-state index is 12.2. The van der Waals surface area contributed by atoms with Gasteiger partial charge in [-0.05, 0) is 28.1 Å². The Bertz CT molecular complexity index is 852. The van der Waals surface area contributed by atoms with Crippen LogP contribution in [0.1, 0.15) is 5.56 Å². The highest BCUT2D eigenvalue weighted by Crippen LogP contribution is 2.12. The smallest absolute Gasteiger partial charge is 0.258 e. The Hall–Kier alpha value is -3.29. The zero-order valence-corrected chi connectivity index (χ0v) is 11.4. The van der Waals surface area contributed by atoms with Gasteiger partial charge in [0.1, 0.15) is 0 Å². The second-order valence-electron chi connectivity index (χ2n) is 4.59. The molecule has 8 heteroatoms. The predicted molar refractivity (Wildman–Crippen MR) is 77.8 cm³/mol. The lowest BCUT2D eigenvalue weighted by atomic mass is 10.2. The first-order valence-electron chi connectivity index (χ1n) is 6.47. The van der Waals surface area contributed by atoms with Crippen molar-refractivity contribution in [2.75, 3.05) is 0 Å². The Morgan fingerprint density at radius 1 is 1.00 bits per heavy atom. The van der Waals surface area contributed by atoms with Crippen molar-refractivity contribution < 1.29 is 4.92 Å². The van der Waals surface area contributed by atoms with Crippen molar-refractivity contribution in [3.63, 3.8) is 0 Å². The van der Waals surface area contributed by atoms with Gasteiger partial charge in [0, 0.05) is 12.1 Å². The molecule has 22 heavy (non-hydrogen) atoms. The van der Waals surface area contributed by atoms with Gasteiger partial charge in [0.25, 0.3) is 5.69 Å². The van der Waals surface area contributed by atoms with Crippen molar-refractivity contribution in [3.05, 3.63) is 80.8 Å². The minimum absolute atomic E-state index is 0.00374. The Morgan fingerprint density at radius 2 is 1.68 bits per heavy atom. The topological polar surface area (TPSA) is 95.8 Å². The third kappa shape index (κ3) is 2.62. The molecule has 0 amide bonds. The highest BCUT2D eigenvalue weighted by Gasteiger charge is 2.10. The third-order valence-corrected chi connectivity index (χ3v) is 3.12. The molecule has 1 heterocycles. The second kappa shape index (κ2) is 5.60. The minimum atomic E-state index is -0.471. The molecule has 8 nitrogen and oxygen atoms in total. The summed E-state index contributed by atoms with van der Waals surface area (Å²) in [4.78, 5) is 22.4. The van der Waals surface area contributed by atoms with Crippen molar-refractivity contribution in [1.29, 1.82) is 0 Å². The van der Waals surface area contributed by atoms with E-state index >= 15 is 0 Å². The number of nitro benzene ring substituents is 1. The number of non-ortho nitro benzene ring substituents is 1. The molecular weight excluding hydrogens is 286 g/mol. The molecule has 0 unspecified atom stereocenters. The number of nitrogens with zero attached hydrogens (tertiary/aromatic N) is 5. The summed E-state index contributed by atoms with van der Waals surface area (Å²) in [6.07, 6.45) is 0. The van der Waals surface area contributed by atoms with Gasteiger partial charge in [0.05, 0.1) is 17.2 Å². The van der Waals surface area contributed by atoms with Crippen LogP contribution in [0, 0.1) is 10.1 Å². The molecule has 0 fully saturated rings. The van der Waals surface area contributed by atoms with Crippen LogP contribution >= 0.6 is 0 Å². The van der Waals surface area contributed by atoms with Crippen LogP contribution in [0.5, 0.6) is 0 Å². The molecule has 0 aliphatic rings. The molecule has 0 bridgehead atoms. The van der Waals surface area contributed by atoms with E-state index in [-0.39, 0.29) is 17.9 Å². The molecule has 0 radical (unpaired) electrons. The van der Waals surface area contributed by atoms with Crippen LogP contribution in [0.3, 0.4) is 0 Å². The van der Waals surface area contributed by atoms with Gasteiger partial charge in [-0.15, -0.1) is 0 Å². The molecule has 3 rings (SSSR count). The van der Waals surface area contributed by atoms with Crippen molar-refractivity contribution in [3.8, 4) is 5.69 Å². The lowest BCUT2D eigenvalue weighted by Gasteiger charge is -1.99. The molecule has 0 saturated carbocycles. The standard InChI is InChI=1S/C14H11N5O3/c20-14-17(10-11-6-8-13(9-7-11)19(21)22)15-16-18(14)12-4-2-1-3-5-12/h1-9H,10H2. The summed E-state index contributed by atoms with van der Waals surface area (Å²) in [5, 5.41) is 18.3. The van der Waals surface area contributed by atoms with Crippen molar-refractivity contribution in [1.82, 2.24) is 19.8 Å². The summed E-state index contributed by atoms with van der Waals surface area (Å²) in [6.45, 7) is 0.198. The Labute approximate surface area is 124 Å². The average molecular weight is 297 g/mol. The maximum atomic E-state index is 12.2. The number of hydrogen-bond acceptors (Lipinski definition) is 5. The average Bonchev–Trinajstić information content (AvgIpc) is 2.90. The fourth-order valence-electron chi connectivity index (χ4n) is 2.00. The molecule has 2 aromatic carbocycles. The largest absolute Gasteiger partial charge is 0.368 e. The summed E-state index contributed by atoms with van der Waals surface area (Å²) < 4.78 is 2.40. The van der Waals surface area contributed by atoms with Crippen LogP contribution in [0.4, 0.5) is 5.69 Å². The van der Waals surface area contributed by atoms with E-state index in [0.29, 0.717) is 5.69 Å². The first-order valence-corrected chi connectivity index (χ1v) is 6.47. The van der Waals surface area contributed by atoms with Crippen molar-refractivity contribution in [2.45, 2.75) is 6.54 Å². The Kier molecular flexibility index (Phi) is 3.48. The minimum Gasteiger partial charge on any atom is -0.258 e. The van der Waals surface area contributed by atoms with E-state index in [1.807, 2.05) is 6.07 Å². The maximum Gasteiger partial charge on any atom is 0.368 e. The van der Waals surface area contributed by atoms with E-state index in [2.05, 4.69) is 10.4 Å². The molecule has 110 valence electrons. The monoisotopic (exact) mass is 297 g/mol. The quantitative estimate of drug-likeness (QED) is 0.535. The molecule has 3 aromatic rings. The van der Waals surface area contributed by atoms with E-state index in [4.69, 9.17) is 0 Å². The summed E-state index contributed by atoms with van der Waals surface area (Å²) in [7, 11) is 0. The van der Waals surface area contributed by atoms with E-state index < -0.39 is 4.92 Å². The first-order chi connectivity index (χ1) is 10.6. The zero-order chi connectivity index (χ0) is 15.5. The van der Waals surface area contributed by atoms with Gasteiger partial charge >= 0.3 is 5.69 Å². The van der Waals surface area contributed by atoms with Crippen LogP contribution in [0.2, 0.25) is 0 Å². The van der Waals surface area contributed by atoms with Gasteiger partial charge in [0.15, 0.2) is 0 Å². The number of rotatable bonds is 4. The molecule has 0 saturated heterocycles. The molecule has 1 aromatic heterocycles. The SMILES string of the molecule is O=c1n(Cc2ccc([N+](=O)[O-])cc2)nnn1-c1ccccc1. The van der Waals surface area contributed by atoms with E-state index in [0.717, 1.165) is 5.56 Å². The number of para-hydroxylation sites is 1. The first kappa shape index (κ1) is 13.7. The molecule has 0 aliphatic heterocycles. The van der Waals surface area contributed by atoms with Crippen LogP contribution < -0.4 is 5.69 Å². The van der Waals surface area contributed by atoms with Crippen LogP contribution in [-0.4, -0.2) is 24.7 Å². The van der Waals surface area contributed by atoms with Gasteiger partial charge < -0.3 is 0 Å². The highest BCUT2D eigenvalue weighted by molar-refractivity contribution is 5.33. The number of benzene rings is 2. The number of aromatic nitrogens is 4. The number of nitro groups is 1. The molecule has 0 N–H and O–H groups in total. The van der Waals surface area contributed by atoms with Gasteiger partial charge in [-0.25, -0.2) is 4.79 Å². The fourth-order valence-corrected chi connectivity index (χ4v) is 2.00. The molecule has 0 spiro atoms. The van der Waals surface area contributed by atoms with E-state index in [1.165, 1.54) is 21.5 Å². The predicted octanol–water partition coefficient (Wildman–Crippen LogP) is 1.39. The number of hydrogen-bond donors (Lipinski definition) is 0. The fraction of sp³-hybridized carbons (Fsp3) is 0.0714. The second-order valence-corrected chi connectivity index (χ2v) is 4.59. The van der Waals surface area contributed by atoms with E-state index in [1.54, 1.807) is 36.4 Å². The summed E-state index contributed by atoms with van der Waals surface area (Å²) in [5.74, 6) is 0. The van der Waals surface area contributed by atoms with Gasteiger partial charge in [-0.2, -0.15) is 9.36 Å². The summed E-state index contributed by atoms with van der Waals surface area (Å²) in [5.41, 5.74) is 0.990. The van der Waals surface area contributed by atoms with Gasteiger partial charge in [-0.1, -0.05) is 30.3 Å². The molecule has 0 aliphatic carbocycles. The Morgan fingerprint density at radius 3 is 2.32 bits per heavy atom. The lowest BCUT2D eigenvalue weighted by Crippen LogP contribution is -2.24. The molecular formula is C14H11N5O3. The highest BCUT2D eigenvalue weighted by atomic mass is 16.6. The van der Waals surface area contributed by atoms with Gasteiger partial charge in [-0.3, -0.25) is 10.1 Å². The summed E-state index contributed by atoms with van der Waals surface area (Å²) >= 11 is 0. The Balaban J connectivity index is 1.86. The van der Waals surface area contributed by atoms with Crippen molar-refractivity contribution >= 4 is 5.69 Å². The number of tetrazole rings is 1. The van der Waals surface area contributed by atoms with Crippen LogP contribution in [0.15, 0.2) is 59.4 Å². The van der Waals surface area contributed by atoms with Crippen LogP contribution in [0.25, 0.3) is 5.69 Å². The summed E-state index contributed by atoms with van der Waals surface area (Å²) in [6, 6.07) is 14.9. The van der Waals surface area contributed by atoms with Gasteiger partial charge in [0.2, 0.25) is 0 Å². The lowest BCUT2D eigenvalue weighted by molar-refractivity contribution is -0.384. The normalized spacial score (nSPS) is 10.5. The molecule has 0 atom stereocenters.